The Labute approximate surface area is 151 Å². The molecule has 7 nitrogen and oxygen atoms in total. The van der Waals surface area contributed by atoms with Gasteiger partial charge in [0.25, 0.3) is 10.2 Å². The van der Waals surface area contributed by atoms with E-state index in [2.05, 4.69) is 10.4 Å². The molecule has 0 radical (unpaired) electrons. The van der Waals surface area contributed by atoms with Crippen LogP contribution in [0.1, 0.15) is 31.2 Å². The zero-order chi connectivity index (χ0) is 17.2. The highest BCUT2D eigenvalue weighted by molar-refractivity contribution is 7.86. The zero-order valence-corrected chi connectivity index (χ0v) is 15.7. The van der Waals surface area contributed by atoms with Gasteiger partial charge in [-0.05, 0) is 24.4 Å². The molecular formula is C14H20ClN5O2S2. The summed E-state index contributed by atoms with van der Waals surface area (Å²) in [4.78, 5) is 2.00. The van der Waals surface area contributed by atoms with E-state index in [4.69, 9.17) is 11.6 Å². The molecule has 2 saturated heterocycles. The summed E-state index contributed by atoms with van der Waals surface area (Å²) >= 11 is 7.11. The maximum Gasteiger partial charge on any atom is 0.282 e. The Kier molecular flexibility index (Phi) is 5.62. The van der Waals surface area contributed by atoms with Gasteiger partial charge in [0.05, 0.1) is 0 Å². The minimum atomic E-state index is -3.39. The monoisotopic (exact) mass is 389 g/mol. The van der Waals surface area contributed by atoms with Crippen molar-refractivity contribution in [2.24, 2.45) is 0 Å². The lowest BCUT2D eigenvalue weighted by Crippen LogP contribution is -2.53. The summed E-state index contributed by atoms with van der Waals surface area (Å²) in [5.74, 6) is 0. The number of rotatable bonds is 3. The van der Waals surface area contributed by atoms with Crippen molar-refractivity contribution in [3.05, 3.63) is 10.7 Å². The van der Waals surface area contributed by atoms with E-state index in [9.17, 15) is 13.7 Å². The Morgan fingerprint density at radius 2 is 1.58 bits per heavy atom. The van der Waals surface area contributed by atoms with Crippen molar-refractivity contribution in [1.82, 2.24) is 13.0 Å². The molecule has 10 heteroatoms. The maximum absolute atomic E-state index is 12.8. The lowest BCUT2D eigenvalue weighted by Gasteiger charge is -2.36. The second-order valence-corrected chi connectivity index (χ2v) is 9.01. The summed E-state index contributed by atoms with van der Waals surface area (Å²) in [7, 11) is -3.39. The Morgan fingerprint density at radius 3 is 2.17 bits per heavy atom. The second kappa shape index (κ2) is 7.54. The van der Waals surface area contributed by atoms with Gasteiger partial charge in [0.2, 0.25) is 0 Å². The highest BCUT2D eigenvalue weighted by atomic mass is 35.5. The van der Waals surface area contributed by atoms with Crippen molar-refractivity contribution in [3.8, 4) is 6.07 Å². The molecule has 0 atom stereocenters. The molecule has 132 valence electrons. The first kappa shape index (κ1) is 17.9. The predicted molar refractivity (Wildman–Crippen MR) is 94.6 cm³/mol. The number of piperazine rings is 1. The SMILES string of the molecule is N#Cc1c(Cl)nsc1N1CCN(S(=O)(=O)N2CCCCCC2)CC1. The summed E-state index contributed by atoms with van der Waals surface area (Å²) < 4.78 is 32.8. The molecule has 2 fully saturated rings. The molecule has 3 heterocycles. The topological polar surface area (TPSA) is 80.5 Å². The fraction of sp³-hybridized carbons (Fsp3) is 0.714. The van der Waals surface area contributed by atoms with Crippen LogP contribution < -0.4 is 4.90 Å². The summed E-state index contributed by atoms with van der Waals surface area (Å²) in [5.41, 5.74) is 0.380. The van der Waals surface area contributed by atoms with Crippen LogP contribution >= 0.6 is 23.1 Å². The van der Waals surface area contributed by atoms with Gasteiger partial charge in [0.1, 0.15) is 16.6 Å². The van der Waals surface area contributed by atoms with Crippen LogP contribution in [0.4, 0.5) is 5.00 Å². The van der Waals surface area contributed by atoms with E-state index < -0.39 is 10.2 Å². The molecule has 24 heavy (non-hydrogen) atoms. The molecule has 0 unspecified atom stereocenters. The molecule has 2 aliphatic rings. The van der Waals surface area contributed by atoms with Crippen LogP contribution in [0.2, 0.25) is 5.15 Å². The molecule has 0 amide bonds. The first-order chi connectivity index (χ1) is 11.5. The fourth-order valence-corrected chi connectivity index (χ4v) is 5.88. The van der Waals surface area contributed by atoms with Crippen LogP contribution in [-0.2, 0) is 10.2 Å². The number of nitrogens with zero attached hydrogens (tertiary/aromatic N) is 5. The van der Waals surface area contributed by atoms with Gasteiger partial charge in [-0.15, -0.1) is 0 Å². The predicted octanol–water partition coefficient (Wildman–Crippen LogP) is 1.91. The van der Waals surface area contributed by atoms with E-state index >= 15 is 0 Å². The van der Waals surface area contributed by atoms with Crippen LogP contribution in [0, 0.1) is 11.3 Å². The average molecular weight is 390 g/mol. The summed E-state index contributed by atoms with van der Waals surface area (Å²) in [6.07, 6.45) is 4.07. The van der Waals surface area contributed by atoms with Gasteiger partial charge in [-0.2, -0.15) is 26.7 Å². The third-order valence-corrected chi connectivity index (χ3v) is 7.81. The maximum atomic E-state index is 12.8. The van der Waals surface area contributed by atoms with E-state index in [0.717, 1.165) is 30.7 Å². The Balaban J connectivity index is 1.67. The molecule has 1 aromatic heterocycles. The highest BCUT2D eigenvalue weighted by Crippen LogP contribution is 2.32. The van der Waals surface area contributed by atoms with E-state index in [1.54, 1.807) is 8.61 Å². The molecule has 0 saturated carbocycles. The van der Waals surface area contributed by atoms with Gasteiger partial charge >= 0.3 is 0 Å². The molecular weight excluding hydrogens is 370 g/mol. The molecule has 3 rings (SSSR count). The van der Waals surface area contributed by atoms with Crippen molar-refractivity contribution >= 4 is 38.3 Å². The fourth-order valence-electron chi connectivity index (χ4n) is 3.13. The van der Waals surface area contributed by atoms with Crippen molar-refractivity contribution in [2.45, 2.75) is 25.7 Å². The minimum absolute atomic E-state index is 0.220. The summed E-state index contributed by atoms with van der Waals surface area (Å²) in [6.45, 7) is 3.15. The van der Waals surface area contributed by atoms with Crippen molar-refractivity contribution in [2.75, 3.05) is 44.2 Å². The van der Waals surface area contributed by atoms with Gasteiger partial charge < -0.3 is 4.90 Å². The second-order valence-electron chi connectivity index (χ2n) is 5.97. The van der Waals surface area contributed by atoms with Crippen LogP contribution in [0.25, 0.3) is 0 Å². The number of nitriles is 1. The number of halogens is 1. The van der Waals surface area contributed by atoms with Gasteiger partial charge in [-0.3, -0.25) is 0 Å². The Bertz CT molecular complexity index is 714. The molecule has 0 bridgehead atoms. The third-order valence-electron chi connectivity index (χ3n) is 4.49. The van der Waals surface area contributed by atoms with Crippen LogP contribution in [-0.4, -0.2) is 60.7 Å². The Morgan fingerprint density at radius 1 is 1.00 bits per heavy atom. The first-order valence-corrected chi connectivity index (χ1v) is 10.6. The highest BCUT2D eigenvalue weighted by Gasteiger charge is 2.33. The number of hydrogen-bond donors (Lipinski definition) is 0. The van der Waals surface area contributed by atoms with E-state index in [0.29, 0.717) is 44.8 Å². The molecule has 1 aromatic rings. The molecule has 0 aliphatic carbocycles. The van der Waals surface area contributed by atoms with Crippen molar-refractivity contribution < 1.29 is 8.42 Å². The van der Waals surface area contributed by atoms with Crippen molar-refractivity contribution in [3.63, 3.8) is 0 Å². The molecule has 0 aromatic carbocycles. The normalized spacial score (nSPS) is 21.4. The average Bonchev–Trinajstić information content (AvgIpc) is 2.78. The number of aromatic nitrogens is 1. The van der Waals surface area contributed by atoms with Crippen LogP contribution in [0.15, 0.2) is 0 Å². The minimum Gasteiger partial charge on any atom is -0.358 e. The van der Waals surface area contributed by atoms with Gasteiger partial charge in [-0.1, -0.05) is 24.4 Å². The first-order valence-electron chi connectivity index (χ1n) is 8.09. The summed E-state index contributed by atoms with van der Waals surface area (Å²) in [5, 5.41) is 10.1. The lowest BCUT2D eigenvalue weighted by molar-refractivity contribution is 0.328. The molecule has 0 spiro atoms. The molecule has 0 N–H and O–H groups in total. The third kappa shape index (κ3) is 3.53. The van der Waals surface area contributed by atoms with Crippen molar-refractivity contribution in [1.29, 1.82) is 5.26 Å². The van der Waals surface area contributed by atoms with E-state index in [1.165, 1.54) is 11.5 Å². The standard InChI is InChI=1S/C14H20ClN5O2S2/c15-13-12(11-16)14(23-17-13)18-7-9-20(10-8-18)24(21,22)19-5-3-1-2-4-6-19/h1-10H2. The van der Waals surface area contributed by atoms with E-state index in [1.807, 2.05) is 4.90 Å². The van der Waals surface area contributed by atoms with Crippen LogP contribution in [0.5, 0.6) is 0 Å². The summed E-state index contributed by atoms with van der Waals surface area (Å²) in [6, 6.07) is 2.08. The number of anilines is 1. The Hall–Kier alpha value is -0.920. The van der Waals surface area contributed by atoms with E-state index in [-0.39, 0.29) is 5.15 Å². The molecule has 2 aliphatic heterocycles. The van der Waals surface area contributed by atoms with Gasteiger partial charge in [-0.25, -0.2) is 0 Å². The van der Waals surface area contributed by atoms with Gasteiger partial charge in [0, 0.05) is 39.3 Å². The zero-order valence-electron chi connectivity index (χ0n) is 13.3. The smallest absolute Gasteiger partial charge is 0.282 e. The lowest BCUT2D eigenvalue weighted by atomic mass is 10.2. The largest absolute Gasteiger partial charge is 0.358 e. The van der Waals surface area contributed by atoms with Gasteiger partial charge in [0.15, 0.2) is 5.15 Å². The van der Waals surface area contributed by atoms with Crippen LogP contribution in [0.3, 0.4) is 0 Å². The number of hydrogen-bond acceptors (Lipinski definition) is 6. The quantitative estimate of drug-likeness (QED) is 0.788.